The average Bonchev–Trinajstić information content (AvgIpc) is 2.43. The maximum atomic E-state index is 11.8. The van der Waals surface area contributed by atoms with Crippen LogP contribution in [0.1, 0.15) is 11.1 Å². The third-order valence-electron chi connectivity index (χ3n) is 2.88. The van der Waals surface area contributed by atoms with Crippen molar-refractivity contribution in [2.45, 2.75) is 12.7 Å². The Morgan fingerprint density at radius 2 is 1.85 bits per heavy atom. The zero-order valence-electron chi connectivity index (χ0n) is 11.2. The highest BCUT2D eigenvalue weighted by molar-refractivity contribution is 9.10. The summed E-state index contributed by atoms with van der Waals surface area (Å²) in [6, 6.07) is 15.9. The van der Waals surface area contributed by atoms with Gasteiger partial charge in [0, 0.05) is 15.9 Å². The number of halogens is 1. The molecule has 20 heavy (non-hydrogen) atoms. The third-order valence-corrected chi connectivity index (χ3v) is 4.39. The number of aryl methyl sites for hydroxylation is 1. The van der Waals surface area contributed by atoms with Gasteiger partial charge in [0.15, 0.2) is 0 Å². The summed E-state index contributed by atoms with van der Waals surface area (Å²) < 4.78 is 1.00. The van der Waals surface area contributed by atoms with Crippen LogP contribution in [0.2, 0.25) is 0 Å². The van der Waals surface area contributed by atoms with Crippen LogP contribution in [0.15, 0.2) is 53.0 Å². The Bertz CT molecular complexity index is 583. The molecule has 1 N–H and O–H groups in total. The van der Waals surface area contributed by atoms with Gasteiger partial charge >= 0.3 is 0 Å². The first-order valence-electron chi connectivity index (χ1n) is 6.33. The number of anilines is 1. The number of carbonyl (C=O) groups is 1. The van der Waals surface area contributed by atoms with E-state index >= 15 is 0 Å². The van der Waals surface area contributed by atoms with Crippen molar-refractivity contribution in [3.8, 4) is 0 Å². The Morgan fingerprint density at radius 3 is 2.55 bits per heavy atom. The fourth-order valence-corrected chi connectivity index (χ4v) is 2.92. The number of nitrogens with one attached hydrogen (secondary N) is 1. The number of hydrogen-bond acceptors (Lipinski definition) is 2. The highest BCUT2D eigenvalue weighted by Crippen LogP contribution is 2.17. The van der Waals surface area contributed by atoms with E-state index in [1.807, 2.05) is 36.4 Å². The Morgan fingerprint density at radius 1 is 1.15 bits per heavy atom. The monoisotopic (exact) mass is 349 g/mol. The van der Waals surface area contributed by atoms with E-state index < -0.39 is 0 Å². The molecule has 4 heteroatoms. The second-order valence-electron chi connectivity index (χ2n) is 4.47. The van der Waals surface area contributed by atoms with Crippen molar-refractivity contribution in [1.29, 1.82) is 0 Å². The summed E-state index contributed by atoms with van der Waals surface area (Å²) in [5.74, 6) is 1.36. The van der Waals surface area contributed by atoms with E-state index in [4.69, 9.17) is 0 Å². The van der Waals surface area contributed by atoms with Crippen molar-refractivity contribution in [2.24, 2.45) is 0 Å². The van der Waals surface area contributed by atoms with Crippen molar-refractivity contribution in [3.63, 3.8) is 0 Å². The first-order chi connectivity index (χ1) is 9.65. The molecule has 0 aliphatic heterocycles. The van der Waals surface area contributed by atoms with Gasteiger partial charge in [0.2, 0.25) is 5.91 Å². The Kier molecular flexibility index (Phi) is 5.68. The van der Waals surface area contributed by atoms with Crippen molar-refractivity contribution in [2.75, 3.05) is 11.1 Å². The number of hydrogen-bond donors (Lipinski definition) is 1. The van der Waals surface area contributed by atoms with Crippen LogP contribution in [0, 0.1) is 6.92 Å². The first kappa shape index (κ1) is 15.1. The number of benzene rings is 2. The minimum atomic E-state index is 0.0332. The van der Waals surface area contributed by atoms with Crippen LogP contribution in [0.5, 0.6) is 0 Å². The van der Waals surface area contributed by atoms with E-state index in [-0.39, 0.29) is 5.91 Å². The van der Waals surface area contributed by atoms with E-state index in [2.05, 4.69) is 40.3 Å². The van der Waals surface area contributed by atoms with Crippen molar-refractivity contribution >= 4 is 39.3 Å². The van der Waals surface area contributed by atoms with E-state index in [1.165, 1.54) is 11.1 Å². The van der Waals surface area contributed by atoms with Crippen LogP contribution in [0.3, 0.4) is 0 Å². The highest BCUT2D eigenvalue weighted by atomic mass is 79.9. The van der Waals surface area contributed by atoms with E-state index in [0.29, 0.717) is 5.75 Å². The molecule has 0 saturated heterocycles. The fourth-order valence-electron chi connectivity index (χ4n) is 1.76. The molecule has 104 valence electrons. The minimum absolute atomic E-state index is 0.0332. The predicted octanol–water partition coefficient (Wildman–Crippen LogP) is 4.63. The zero-order chi connectivity index (χ0) is 14.4. The molecule has 0 heterocycles. The fraction of sp³-hybridized carbons (Fsp3) is 0.188. The van der Waals surface area contributed by atoms with Gasteiger partial charge in [0.25, 0.3) is 0 Å². The first-order valence-corrected chi connectivity index (χ1v) is 8.27. The second kappa shape index (κ2) is 7.50. The molecule has 0 aliphatic rings. The second-order valence-corrected chi connectivity index (χ2v) is 6.38. The molecule has 0 aromatic heterocycles. The molecule has 0 aliphatic carbocycles. The lowest BCUT2D eigenvalue weighted by atomic mass is 10.1. The lowest BCUT2D eigenvalue weighted by Crippen LogP contribution is -2.14. The lowest BCUT2D eigenvalue weighted by Gasteiger charge is -2.07. The maximum absolute atomic E-state index is 11.8. The summed E-state index contributed by atoms with van der Waals surface area (Å²) in [6.07, 6.45) is 0. The van der Waals surface area contributed by atoms with Gasteiger partial charge in [-0.05, 0) is 42.3 Å². The normalized spacial score (nSPS) is 10.3. The van der Waals surface area contributed by atoms with Crippen LogP contribution >= 0.6 is 27.7 Å². The largest absolute Gasteiger partial charge is 0.325 e. The van der Waals surface area contributed by atoms with Crippen molar-refractivity contribution in [3.05, 3.63) is 64.1 Å². The molecular weight excluding hydrogens is 334 g/mol. The van der Waals surface area contributed by atoms with Gasteiger partial charge in [0.1, 0.15) is 0 Å². The molecule has 2 aromatic rings. The molecule has 0 radical (unpaired) electrons. The van der Waals surface area contributed by atoms with E-state index in [0.717, 1.165) is 15.9 Å². The Hall–Kier alpha value is -1.26. The van der Waals surface area contributed by atoms with Crippen LogP contribution in [-0.4, -0.2) is 11.7 Å². The lowest BCUT2D eigenvalue weighted by molar-refractivity contribution is -0.113. The van der Waals surface area contributed by atoms with E-state index in [9.17, 15) is 4.79 Å². The van der Waals surface area contributed by atoms with Gasteiger partial charge in [-0.3, -0.25) is 4.79 Å². The van der Waals surface area contributed by atoms with Crippen LogP contribution in [0.25, 0.3) is 0 Å². The molecule has 2 rings (SSSR count). The summed E-state index contributed by atoms with van der Waals surface area (Å²) >= 11 is 5.00. The summed E-state index contributed by atoms with van der Waals surface area (Å²) in [5, 5.41) is 2.89. The van der Waals surface area contributed by atoms with Gasteiger partial charge in [-0.2, -0.15) is 0 Å². The molecule has 0 atom stereocenters. The van der Waals surface area contributed by atoms with Crippen LogP contribution in [-0.2, 0) is 10.5 Å². The predicted molar refractivity (Wildman–Crippen MR) is 90.1 cm³/mol. The third kappa shape index (κ3) is 4.69. The molecule has 2 nitrogen and oxygen atoms in total. The summed E-state index contributed by atoms with van der Waals surface area (Å²) in [6.45, 7) is 2.10. The molecule has 0 fully saturated rings. The summed E-state index contributed by atoms with van der Waals surface area (Å²) in [4.78, 5) is 11.8. The number of carbonyl (C=O) groups excluding carboxylic acids is 1. The number of amides is 1. The molecule has 1 amide bonds. The summed E-state index contributed by atoms with van der Waals surface area (Å²) in [7, 11) is 0. The standard InChI is InChI=1S/C16H16BrNOS/c1-12-4-2-3-5-13(12)10-20-11-16(19)18-15-8-6-14(17)7-9-15/h2-9H,10-11H2,1H3,(H,18,19). The molecule has 0 bridgehead atoms. The Labute approximate surface area is 132 Å². The Balaban J connectivity index is 1.78. The van der Waals surface area contributed by atoms with Crippen molar-refractivity contribution in [1.82, 2.24) is 0 Å². The molecule has 0 saturated carbocycles. The quantitative estimate of drug-likeness (QED) is 0.852. The smallest absolute Gasteiger partial charge is 0.234 e. The van der Waals surface area contributed by atoms with Gasteiger partial charge in [-0.15, -0.1) is 11.8 Å². The zero-order valence-corrected chi connectivity index (χ0v) is 13.6. The number of thioether (sulfide) groups is 1. The number of rotatable bonds is 5. The van der Waals surface area contributed by atoms with E-state index in [1.54, 1.807) is 11.8 Å². The van der Waals surface area contributed by atoms with Crippen LogP contribution < -0.4 is 5.32 Å². The molecular formula is C16H16BrNOS. The van der Waals surface area contributed by atoms with Gasteiger partial charge < -0.3 is 5.32 Å². The topological polar surface area (TPSA) is 29.1 Å². The SMILES string of the molecule is Cc1ccccc1CSCC(=O)Nc1ccc(Br)cc1. The summed E-state index contributed by atoms with van der Waals surface area (Å²) in [5.41, 5.74) is 3.39. The minimum Gasteiger partial charge on any atom is -0.325 e. The highest BCUT2D eigenvalue weighted by Gasteiger charge is 2.04. The molecule has 0 spiro atoms. The van der Waals surface area contributed by atoms with Gasteiger partial charge in [0.05, 0.1) is 5.75 Å². The van der Waals surface area contributed by atoms with Crippen molar-refractivity contribution < 1.29 is 4.79 Å². The molecule has 0 unspecified atom stereocenters. The van der Waals surface area contributed by atoms with Gasteiger partial charge in [-0.1, -0.05) is 40.2 Å². The van der Waals surface area contributed by atoms with Crippen LogP contribution in [0.4, 0.5) is 5.69 Å². The maximum Gasteiger partial charge on any atom is 0.234 e. The average molecular weight is 350 g/mol. The molecule has 2 aromatic carbocycles. The van der Waals surface area contributed by atoms with Gasteiger partial charge in [-0.25, -0.2) is 0 Å².